The number of hydrogen-bond acceptors (Lipinski definition) is 6. The minimum atomic E-state index is -4.84. The van der Waals surface area contributed by atoms with Gasteiger partial charge in [-0.25, -0.2) is 17.7 Å². The van der Waals surface area contributed by atoms with Crippen molar-refractivity contribution in [3.8, 4) is 22.5 Å². The van der Waals surface area contributed by atoms with Crippen molar-refractivity contribution in [2.75, 3.05) is 37.6 Å². The lowest BCUT2D eigenvalue weighted by Gasteiger charge is -2.22. The van der Waals surface area contributed by atoms with Gasteiger partial charge in [-0.05, 0) is 58.0 Å². The summed E-state index contributed by atoms with van der Waals surface area (Å²) in [7, 11) is -8.90. The number of anilines is 1. The Bertz CT molecular complexity index is 1850. The minimum Gasteiger partial charge on any atom is -0.456 e. The second-order valence-corrected chi connectivity index (χ2v) is 12.6. The first kappa shape index (κ1) is 30.4. The van der Waals surface area contributed by atoms with Gasteiger partial charge in [0.25, 0.3) is 10.1 Å². The van der Waals surface area contributed by atoms with E-state index in [0.717, 1.165) is 43.3 Å². The molecule has 2 aliphatic rings. The fourth-order valence-electron chi connectivity index (χ4n) is 5.07. The molecule has 1 aliphatic heterocycles. The molecule has 0 saturated carbocycles. The molecule has 0 bridgehead atoms. The summed E-state index contributed by atoms with van der Waals surface area (Å²) in [5.74, 6) is 0.527. The van der Waals surface area contributed by atoms with E-state index in [2.05, 4.69) is 48.5 Å². The maximum Gasteiger partial charge on any atom is 0.295 e. The van der Waals surface area contributed by atoms with Gasteiger partial charge in [-0.15, -0.1) is 6.58 Å². The molecule has 2 N–H and O–H groups in total. The van der Waals surface area contributed by atoms with Crippen LogP contribution in [-0.4, -0.2) is 54.1 Å². The Morgan fingerprint density at radius 1 is 0.927 bits per heavy atom. The summed E-state index contributed by atoms with van der Waals surface area (Å²) in [6.45, 7) is 14.9. The van der Waals surface area contributed by atoms with Gasteiger partial charge in [0.15, 0.2) is 0 Å². The largest absolute Gasteiger partial charge is 0.456 e. The summed E-state index contributed by atoms with van der Waals surface area (Å²) in [6.07, 6.45) is 1.38. The zero-order chi connectivity index (χ0) is 29.9. The van der Waals surface area contributed by atoms with Gasteiger partial charge < -0.3 is 9.32 Å². The predicted octanol–water partition coefficient (Wildman–Crippen LogP) is 4.57. The van der Waals surface area contributed by atoms with Crippen molar-refractivity contribution < 1.29 is 25.8 Å². The molecule has 0 radical (unpaired) electrons. The topological polar surface area (TPSA) is 120 Å². The molecule has 0 atom stereocenters. The van der Waals surface area contributed by atoms with Gasteiger partial charge in [0.1, 0.15) is 29.3 Å². The minimum absolute atomic E-state index is 0.0372. The molecule has 0 fully saturated rings. The Morgan fingerprint density at radius 3 is 2.22 bits per heavy atom. The van der Waals surface area contributed by atoms with Crippen LogP contribution < -0.4 is 19.6 Å². The molecule has 1 heterocycles. The van der Waals surface area contributed by atoms with Crippen LogP contribution in [0.3, 0.4) is 0 Å². The van der Waals surface area contributed by atoms with Crippen LogP contribution in [0.15, 0.2) is 81.5 Å². The fourth-order valence-corrected chi connectivity index (χ4v) is 6.89. The van der Waals surface area contributed by atoms with Gasteiger partial charge in [0.05, 0.1) is 11.0 Å². The van der Waals surface area contributed by atoms with E-state index in [9.17, 15) is 21.4 Å². The van der Waals surface area contributed by atoms with Crippen molar-refractivity contribution in [3.05, 3.63) is 72.6 Å². The number of sulfonamides is 1. The third kappa shape index (κ3) is 6.08. The van der Waals surface area contributed by atoms with Crippen molar-refractivity contribution in [2.45, 2.75) is 37.5 Å². The molecule has 0 amide bonds. The molecule has 0 aromatic heterocycles. The second kappa shape index (κ2) is 12.2. The molecule has 11 heteroatoms. The average molecular weight is 599 g/mol. The summed E-state index contributed by atoms with van der Waals surface area (Å²) < 4.78 is 72.3. The second-order valence-electron chi connectivity index (χ2n) is 9.46. The number of benzene rings is 3. The summed E-state index contributed by atoms with van der Waals surface area (Å²) in [4.78, 5) is 1.36. The standard InChI is InChI=1S/C30H35N3O6S2/c1-6-17-31-40(34,35)23-13-16-26(29(20-23)41(36,37)38)30-24-14-11-21(32(7-2)8-3)18-27(24)39-28-19-22(12-15-25(28)30)33(9-4)10-5/h6,11-16,18-20,31H,1,7-10,17H2,2-5H3/p+1. The van der Waals surface area contributed by atoms with Crippen LogP contribution in [0.2, 0.25) is 0 Å². The molecule has 4 rings (SSSR count). The van der Waals surface area contributed by atoms with E-state index < -0.39 is 25.0 Å². The number of nitrogens with zero attached hydrogens (tertiary/aromatic N) is 2. The first-order valence-corrected chi connectivity index (χ1v) is 16.5. The highest BCUT2D eigenvalue weighted by molar-refractivity contribution is 7.89. The Hall–Kier alpha value is -3.51. The van der Waals surface area contributed by atoms with E-state index in [1.165, 1.54) is 18.2 Å². The van der Waals surface area contributed by atoms with E-state index in [0.29, 0.717) is 27.9 Å². The number of hydrogen-bond donors (Lipinski definition) is 2. The van der Waals surface area contributed by atoms with Gasteiger partial charge in [0, 0.05) is 59.5 Å². The quantitative estimate of drug-likeness (QED) is 0.112. The number of rotatable bonds is 11. The zero-order valence-corrected chi connectivity index (χ0v) is 25.3. The maximum atomic E-state index is 12.8. The predicted molar refractivity (Wildman–Crippen MR) is 163 cm³/mol. The number of nitrogens with one attached hydrogen (secondary N) is 1. The van der Waals surface area contributed by atoms with Crippen LogP contribution >= 0.6 is 0 Å². The first-order valence-electron chi connectivity index (χ1n) is 13.5. The van der Waals surface area contributed by atoms with E-state index in [1.54, 1.807) is 0 Å². The maximum absolute atomic E-state index is 12.8. The molecule has 1 aliphatic carbocycles. The van der Waals surface area contributed by atoms with Gasteiger partial charge in [0.2, 0.25) is 15.4 Å². The molecule has 2 aromatic carbocycles. The first-order chi connectivity index (χ1) is 19.5. The van der Waals surface area contributed by atoms with Crippen molar-refractivity contribution in [1.29, 1.82) is 0 Å². The van der Waals surface area contributed by atoms with Crippen LogP contribution in [0.4, 0.5) is 5.69 Å². The zero-order valence-electron chi connectivity index (χ0n) is 23.7. The van der Waals surface area contributed by atoms with E-state index >= 15 is 0 Å². The lowest BCUT2D eigenvalue weighted by Crippen LogP contribution is -2.29. The van der Waals surface area contributed by atoms with Crippen LogP contribution in [0, 0.1) is 0 Å². The van der Waals surface area contributed by atoms with E-state index in [1.807, 2.05) is 36.4 Å². The fraction of sp³-hybridized carbons (Fsp3) is 0.300. The molecule has 9 nitrogen and oxygen atoms in total. The highest BCUT2D eigenvalue weighted by Crippen LogP contribution is 2.43. The molecule has 0 saturated heterocycles. The van der Waals surface area contributed by atoms with Crippen LogP contribution in [0.5, 0.6) is 0 Å². The SMILES string of the molecule is C=CCNS(=O)(=O)c1ccc(-c2c3ccc(=[N+](CC)CC)cc-3oc3cc(N(CC)CC)ccc23)c(S(=O)(=O)O)c1. The normalized spacial score (nSPS) is 12.1. The van der Waals surface area contributed by atoms with Gasteiger partial charge in [-0.1, -0.05) is 12.1 Å². The molecule has 41 heavy (non-hydrogen) atoms. The van der Waals surface area contributed by atoms with Gasteiger partial charge in [-0.2, -0.15) is 8.42 Å². The Morgan fingerprint density at radius 2 is 1.61 bits per heavy atom. The van der Waals surface area contributed by atoms with Crippen LogP contribution in [0.1, 0.15) is 27.7 Å². The van der Waals surface area contributed by atoms with Crippen molar-refractivity contribution in [1.82, 2.24) is 9.30 Å². The third-order valence-corrected chi connectivity index (χ3v) is 9.49. The molecule has 2 aromatic rings. The third-order valence-electron chi connectivity index (χ3n) is 7.17. The van der Waals surface area contributed by atoms with Crippen LogP contribution in [-0.2, 0) is 20.1 Å². The lowest BCUT2D eigenvalue weighted by molar-refractivity contribution is 0.483. The van der Waals surface area contributed by atoms with Gasteiger partial charge >= 0.3 is 0 Å². The summed E-state index contributed by atoms with van der Waals surface area (Å²) in [5, 5.41) is 1.57. The Labute approximate surface area is 241 Å². The van der Waals surface area contributed by atoms with Crippen molar-refractivity contribution in [2.24, 2.45) is 0 Å². The van der Waals surface area contributed by atoms with E-state index in [-0.39, 0.29) is 17.0 Å². The molecular formula is C30H36N3O6S2+. The molecular weight excluding hydrogens is 562 g/mol. The smallest absolute Gasteiger partial charge is 0.295 e. The Kier molecular flexibility index (Phi) is 9.03. The molecule has 0 spiro atoms. The van der Waals surface area contributed by atoms with Crippen LogP contribution in [0.25, 0.3) is 33.4 Å². The lowest BCUT2D eigenvalue weighted by atomic mass is 9.93. The molecule has 218 valence electrons. The Balaban J connectivity index is 2.14. The van der Waals surface area contributed by atoms with Gasteiger partial charge in [-0.3, -0.25) is 4.55 Å². The monoisotopic (exact) mass is 598 g/mol. The highest BCUT2D eigenvalue weighted by Gasteiger charge is 2.27. The summed E-state index contributed by atoms with van der Waals surface area (Å²) >= 11 is 0. The van der Waals surface area contributed by atoms with Crippen molar-refractivity contribution in [3.63, 3.8) is 0 Å². The number of fused-ring (bicyclic) bond motifs is 2. The highest BCUT2D eigenvalue weighted by atomic mass is 32.2. The summed E-state index contributed by atoms with van der Waals surface area (Å²) in [5.41, 5.74) is 2.76. The molecule has 0 unspecified atom stereocenters. The van der Waals surface area contributed by atoms with Crippen molar-refractivity contribution >= 4 is 36.8 Å². The average Bonchev–Trinajstić information content (AvgIpc) is 2.95. The van der Waals surface area contributed by atoms with E-state index in [4.69, 9.17) is 4.42 Å². The summed E-state index contributed by atoms with van der Waals surface area (Å²) in [6, 6.07) is 15.2.